The number of nitrogens with two attached hydrogens (primary N) is 1. The van der Waals surface area contributed by atoms with Crippen molar-refractivity contribution in [3.05, 3.63) is 29.8 Å². The topological polar surface area (TPSA) is 55.1 Å². The molecule has 1 saturated carbocycles. The summed E-state index contributed by atoms with van der Waals surface area (Å²) in [4.78, 5) is 11.8. The van der Waals surface area contributed by atoms with Crippen LogP contribution < -0.4 is 11.1 Å². The summed E-state index contributed by atoms with van der Waals surface area (Å²) in [5.41, 5.74) is 7.39. The average molecular weight is 246 g/mol. The van der Waals surface area contributed by atoms with Gasteiger partial charge in [0.25, 0.3) is 0 Å². The first-order chi connectivity index (χ1) is 8.74. The quantitative estimate of drug-likeness (QED) is 0.802. The normalized spacial score (nSPS) is 16.4. The maximum absolute atomic E-state index is 11.8. The van der Waals surface area contributed by atoms with Crippen LogP contribution >= 0.6 is 0 Å². The van der Waals surface area contributed by atoms with Crippen LogP contribution in [-0.2, 0) is 11.2 Å². The van der Waals surface area contributed by atoms with Crippen molar-refractivity contribution in [2.45, 2.75) is 38.5 Å². The molecule has 0 unspecified atom stereocenters. The molecule has 0 saturated heterocycles. The molecule has 1 amide bonds. The van der Waals surface area contributed by atoms with Crippen LogP contribution in [-0.4, -0.2) is 12.5 Å². The number of anilines is 1. The lowest BCUT2D eigenvalue weighted by Gasteiger charge is -2.21. The third-order valence-electron chi connectivity index (χ3n) is 3.63. The highest BCUT2D eigenvalue weighted by Gasteiger charge is 2.14. The summed E-state index contributed by atoms with van der Waals surface area (Å²) in [5.74, 6) is 0.787. The standard InChI is InChI=1S/C15H22N2O/c16-14-8-4-7-13(9-14)10-15(18)17-11-12-5-2-1-3-6-12/h4,7-9,12H,1-3,5-6,10-11,16H2,(H,17,18). The zero-order chi connectivity index (χ0) is 12.8. The summed E-state index contributed by atoms with van der Waals surface area (Å²) in [6, 6.07) is 7.53. The maximum Gasteiger partial charge on any atom is 0.224 e. The molecule has 3 heteroatoms. The molecule has 1 aromatic carbocycles. The van der Waals surface area contributed by atoms with Gasteiger partial charge in [0.2, 0.25) is 5.91 Å². The average Bonchev–Trinajstić information content (AvgIpc) is 2.38. The Balaban J connectivity index is 1.74. The van der Waals surface area contributed by atoms with Crippen molar-refractivity contribution in [3.63, 3.8) is 0 Å². The Morgan fingerprint density at radius 1 is 1.28 bits per heavy atom. The fraction of sp³-hybridized carbons (Fsp3) is 0.533. The molecule has 0 bridgehead atoms. The molecule has 3 N–H and O–H groups in total. The number of benzene rings is 1. The smallest absolute Gasteiger partial charge is 0.224 e. The van der Waals surface area contributed by atoms with Crippen molar-refractivity contribution in [3.8, 4) is 0 Å². The molecule has 1 aromatic rings. The minimum Gasteiger partial charge on any atom is -0.399 e. The van der Waals surface area contributed by atoms with Gasteiger partial charge in [-0.3, -0.25) is 4.79 Å². The van der Waals surface area contributed by atoms with Crippen molar-refractivity contribution in [1.29, 1.82) is 0 Å². The molecule has 0 spiro atoms. The molecular formula is C15H22N2O. The Morgan fingerprint density at radius 2 is 2.06 bits per heavy atom. The number of hydrogen-bond acceptors (Lipinski definition) is 2. The molecule has 2 rings (SSSR count). The first-order valence-electron chi connectivity index (χ1n) is 6.85. The van der Waals surface area contributed by atoms with Gasteiger partial charge in [-0.05, 0) is 36.5 Å². The van der Waals surface area contributed by atoms with E-state index in [1.807, 2.05) is 24.3 Å². The van der Waals surface area contributed by atoms with Crippen molar-refractivity contribution in [2.24, 2.45) is 5.92 Å². The van der Waals surface area contributed by atoms with Crippen LogP contribution in [0.5, 0.6) is 0 Å². The molecule has 1 fully saturated rings. The van der Waals surface area contributed by atoms with E-state index in [0.717, 1.165) is 12.1 Å². The van der Waals surface area contributed by atoms with E-state index in [0.29, 0.717) is 18.0 Å². The van der Waals surface area contributed by atoms with Crippen LogP contribution in [0.3, 0.4) is 0 Å². The maximum atomic E-state index is 11.8. The van der Waals surface area contributed by atoms with E-state index >= 15 is 0 Å². The van der Waals surface area contributed by atoms with E-state index < -0.39 is 0 Å². The largest absolute Gasteiger partial charge is 0.399 e. The van der Waals surface area contributed by atoms with Crippen LogP contribution in [0.2, 0.25) is 0 Å². The molecule has 1 aliphatic rings. The van der Waals surface area contributed by atoms with Gasteiger partial charge < -0.3 is 11.1 Å². The minimum atomic E-state index is 0.103. The van der Waals surface area contributed by atoms with Gasteiger partial charge in [0.05, 0.1) is 6.42 Å². The number of rotatable bonds is 4. The van der Waals surface area contributed by atoms with Crippen LogP contribution in [0.15, 0.2) is 24.3 Å². The lowest BCUT2D eigenvalue weighted by atomic mass is 9.89. The van der Waals surface area contributed by atoms with Crippen LogP contribution in [0.4, 0.5) is 5.69 Å². The van der Waals surface area contributed by atoms with Gasteiger partial charge in [0.1, 0.15) is 0 Å². The Kier molecular flexibility index (Phi) is 4.62. The Bertz CT molecular complexity index is 397. The molecular weight excluding hydrogens is 224 g/mol. The zero-order valence-electron chi connectivity index (χ0n) is 10.8. The van der Waals surface area contributed by atoms with Crippen molar-refractivity contribution in [2.75, 3.05) is 12.3 Å². The lowest BCUT2D eigenvalue weighted by molar-refractivity contribution is -0.120. The van der Waals surface area contributed by atoms with E-state index in [1.165, 1.54) is 32.1 Å². The number of carbonyl (C=O) groups is 1. The third-order valence-corrected chi connectivity index (χ3v) is 3.63. The van der Waals surface area contributed by atoms with Crippen LogP contribution in [0.25, 0.3) is 0 Å². The second kappa shape index (κ2) is 6.43. The van der Waals surface area contributed by atoms with Gasteiger partial charge in [-0.2, -0.15) is 0 Å². The first-order valence-corrected chi connectivity index (χ1v) is 6.85. The lowest BCUT2D eigenvalue weighted by Crippen LogP contribution is -2.31. The third kappa shape index (κ3) is 4.06. The van der Waals surface area contributed by atoms with E-state index in [2.05, 4.69) is 5.32 Å². The monoisotopic (exact) mass is 246 g/mol. The summed E-state index contributed by atoms with van der Waals surface area (Å²) >= 11 is 0. The van der Waals surface area contributed by atoms with Gasteiger partial charge in [-0.1, -0.05) is 31.4 Å². The van der Waals surface area contributed by atoms with Gasteiger partial charge in [-0.25, -0.2) is 0 Å². The zero-order valence-corrected chi connectivity index (χ0v) is 10.8. The summed E-state index contributed by atoms with van der Waals surface area (Å²) in [7, 11) is 0. The van der Waals surface area contributed by atoms with E-state index in [4.69, 9.17) is 5.73 Å². The molecule has 1 aliphatic carbocycles. The molecule has 3 nitrogen and oxygen atoms in total. The van der Waals surface area contributed by atoms with E-state index in [1.54, 1.807) is 0 Å². The predicted molar refractivity (Wildman–Crippen MR) is 74.1 cm³/mol. The molecule has 0 heterocycles. The summed E-state index contributed by atoms with van der Waals surface area (Å²) in [6.45, 7) is 0.834. The van der Waals surface area contributed by atoms with Gasteiger partial charge >= 0.3 is 0 Å². The predicted octanol–water partition coefficient (Wildman–Crippen LogP) is 2.51. The van der Waals surface area contributed by atoms with Crippen molar-refractivity contribution < 1.29 is 4.79 Å². The Hall–Kier alpha value is -1.51. The Labute approximate surface area is 109 Å². The minimum absolute atomic E-state index is 0.103. The van der Waals surface area contributed by atoms with Crippen molar-refractivity contribution in [1.82, 2.24) is 5.32 Å². The highest BCUT2D eigenvalue weighted by atomic mass is 16.1. The highest BCUT2D eigenvalue weighted by Crippen LogP contribution is 2.22. The SMILES string of the molecule is Nc1cccc(CC(=O)NCC2CCCCC2)c1. The van der Waals surface area contributed by atoms with Gasteiger partial charge in [-0.15, -0.1) is 0 Å². The molecule has 98 valence electrons. The second-order valence-corrected chi connectivity index (χ2v) is 5.23. The number of nitrogen functional groups attached to an aromatic ring is 1. The van der Waals surface area contributed by atoms with Crippen LogP contribution in [0, 0.1) is 5.92 Å². The first kappa shape index (κ1) is 12.9. The highest BCUT2D eigenvalue weighted by molar-refractivity contribution is 5.78. The molecule has 0 aliphatic heterocycles. The van der Waals surface area contributed by atoms with Gasteiger partial charge in [0, 0.05) is 12.2 Å². The second-order valence-electron chi connectivity index (χ2n) is 5.23. The van der Waals surface area contributed by atoms with Gasteiger partial charge in [0.15, 0.2) is 0 Å². The number of carbonyl (C=O) groups excluding carboxylic acids is 1. The molecule has 0 radical (unpaired) electrons. The summed E-state index contributed by atoms with van der Waals surface area (Å²) in [6.07, 6.45) is 6.94. The number of amides is 1. The summed E-state index contributed by atoms with van der Waals surface area (Å²) in [5, 5.41) is 3.04. The van der Waals surface area contributed by atoms with Crippen LogP contribution in [0.1, 0.15) is 37.7 Å². The number of nitrogens with one attached hydrogen (secondary N) is 1. The summed E-state index contributed by atoms with van der Waals surface area (Å²) < 4.78 is 0. The van der Waals surface area contributed by atoms with E-state index in [-0.39, 0.29) is 5.91 Å². The fourth-order valence-corrected chi connectivity index (χ4v) is 2.60. The Morgan fingerprint density at radius 3 is 2.78 bits per heavy atom. The van der Waals surface area contributed by atoms with Crippen molar-refractivity contribution >= 4 is 11.6 Å². The fourth-order valence-electron chi connectivity index (χ4n) is 2.60. The van der Waals surface area contributed by atoms with E-state index in [9.17, 15) is 4.79 Å². The molecule has 18 heavy (non-hydrogen) atoms. The molecule has 0 aromatic heterocycles. The molecule has 0 atom stereocenters. The number of hydrogen-bond donors (Lipinski definition) is 2.